The normalized spacial score (nSPS) is 17.3. The number of carbonyl (C=O) groups excluding carboxylic acids is 2. The van der Waals surface area contributed by atoms with Crippen LogP contribution in [0.15, 0.2) is 5.16 Å². The summed E-state index contributed by atoms with van der Waals surface area (Å²) in [5.74, 6) is -1.67. The molecule has 1 rings (SSSR count). The van der Waals surface area contributed by atoms with E-state index in [1.807, 2.05) is 0 Å². The number of halogens is 1. The quantitative estimate of drug-likeness (QED) is 0.245. The second-order valence-corrected chi connectivity index (χ2v) is 4.35. The Morgan fingerprint density at radius 1 is 1.28 bits per heavy atom. The number of carbonyl (C=O) groups is 2. The molecule has 0 atom stereocenters. The molecule has 102 valence electrons. The van der Waals surface area contributed by atoms with Gasteiger partial charge in [-0.3, -0.25) is 4.79 Å². The number of esters is 1. The number of ketones is 1. The molecule has 0 spiro atoms. The number of hydrogen-bond donors (Lipinski definition) is 0. The highest BCUT2D eigenvalue weighted by molar-refractivity contribution is 6.67. The van der Waals surface area contributed by atoms with Gasteiger partial charge in [0, 0.05) is 0 Å². The lowest BCUT2D eigenvalue weighted by Gasteiger charge is -2.19. The Kier molecular flexibility index (Phi) is 6.72. The molecule has 1 aliphatic carbocycles. The summed E-state index contributed by atoms with van der Waals surface area (Å²) in [7, 11) is 0. The molecule has 0 N–H and O–H groups in total. The summed E-state index contributed by atoms with van der Waals surface area (Å²) in [6.07, 6.45) is 5.13. The molecule has 5 nitrogen and oxygen atoms in total. The molecule has 0 unspecified atom stereocenters. The Morgan fingerprint density at radius 3 is 2.50 bits per heavy atom. The maximum atomic E-state index is 11.5. The van der Waals surface area contributed by atoms with Crippen molar-refractivity contribution in [1.29, 1.82) is 0 Å². The highest BCUT2D eigenvalue weighted by Gasteiger charge is 2.23. The van der Waals surface area contributed by atoms with Gasteiger partial charge in [0.1, 0.15) is 6.10 Å². The van der Waals surface area contributed by atoms with Gasteiger partial charge in [-0.15, -0.1) is 11.6 Å². The summed E-state index contributed by atoms with van der Waals surface area (Å²) in [6, 6.07) is 0. The summed E-state index contributed by atoms with van der Waals surface area (Å²) < 4.78 is 4.74. The van der Waals surface area contributed by atoms with Gasteiger partial charge >= 0.3 is 5.97 Å². The zero-order chi connectivity index (χ0) is 13.4. The lowest BCUT2D eigenvalue weighted by Crippen LogP contribution is -2.28. The molecule has 0 aromatic carbocycles. The highest BCUT2D eigenvalue weighted by Crippen LogP contribution is 2.20. The first-order valence-corrected chi connectivity index (χ1v) is 6.72. The Bertz CT molecular complexity index is 324. The largest absolute Gasteiger partial charge is 0.461 e. The van der Waals surface area contributed by atoms with Gasteiger partial charge in [0.15, 0.2) is 0 Å². The molecule has 1 saturated carbocycles. The highest BCUT2D eigenvalue weighted by atomic mass is 35.5. The zero-order valence-electron chi connectivity index (χ0n) is 10.5. The fraction of sp³-hybridized carbons (Fsp3) is 0.750. The van der Waals surface area contributed by atoms with Crippen molar-refractivity contribution in [1.82, 2.24) is 0 Å². The van der Waals surface area contributed by atoms with Gasteiger partial charge in [0.05, 0.1) is 12.5 Å². The van der Waals surface area contributed by atoms with Crippen LogP contribution in [0.2, 0.25) is 0 Å². The van der Waals surface area contributed by atoms with Crippen LogP contribution >= 0.6 is 11.6 Å². The smallest absolute Gasteiger partial charge is 0.364 e. The number of Topliss-reactive ketones (excluding diaryl/α,β-unsaturated/α-hetero) is 1. The third-order valence-corrected chi connectivity index (χ3v) is 2.94. The predicted octanol–water partition coefficient (Wildman–Crippen LogP) is 2.06. The van der Waals surface area contributed by atoms with E-state index in [1.165, 1.54) is 6.42 Å². The topological polar surface area (TPSA) is 65.0 Å². The summed E-state index contributed by atoms with van der Waals surface area (Å²) in [4.78, 5) is 28.2. The van der Waals surface area contributed by atoms with E-state index in [9.17, 15) is 9.59 Å². The van der Waals surface area contributed by atoms with E-state index >= 15 is 0 Å². The first-order chi connectivity index (χ1) is 8.69. The van der Waals surface area contributed by atoms with Crippen LogP contribution in [0.5, 0.6) is 0 Å². The maximum Gasteiger partial charge on any atom is 0.364 e. The van der Waals surface area contributed by atoms with E-state index in [0.29, 0.717) is 0 Å². The van der Waals surface area contributed by atoms with Crippen LogP contribution in [0, 0.1) is 0 Å². The molecule has 0 amide bonds. The van der Waals surface area contributed by atoms with Crippen LogP contribution in [-0.2, 0) is 19.2 Å². The van der Waals surface area contributed by atoms with Crippen molar-refractivity contribution in [3.63, 3.8) is 0 Å². The molecule has 0 aliphatic heterocycles. The van der Waals surface area contributed by atoms with Crippen LogP contribution in [0.4, 0.5) is 0 Å². The molecule has 0 bridgehead atoms. The van der Waals surface area contributed by atoms with Crippen molar-refractivity contribution < 1.29 is 19.2 Å². The van der Waals surface area contributed by atoms with Crippen molar-refractivity contribution in [2.24, 2.45) is 5.16 Å². The van der Waals surface area contributed by atoms with Crippen LogP contribution in [-0.4, -0.2) is 36.1 Å². The number of alkyl halides is 1. The third kappa shape index (κ3) is 4.64. The second-order valence-electron chi connectivity index (χ2n) is 4.08. The van der Waals surface area contributed by atoms with Gasteiger partial charge in [-0.25, -0.2) is 4.79 Å². The molecule has 0 radical (unpaired) electrons. The van der Waals surface area contributed by atoms with Crippen LogP contribution < -0.4 is 0 Å². The monoisotopic (exact) mass is 275 g/mol. The van der Waals surface area contributed by atoms with E-state index in [2.05, 4.69) is 5.16 Å². The molecular formula is C12H18ClNO4. The molecule has 1 aliphatic rings. The molecular weight excluding hydrogens is 258 g/mol. The Labute approximate surface area is 111 Å². The third-order valence-electron chi connectivity index (χ3n) is 2.70. The fourth-order valence-corrected chi connectivity index (χ4v) is 1.89. The fourth-order valence-electron chi connectivity index (χ4n) is 1.76. The summed E-state index contributed by atoms with van der Waals surface area (Å²) in [6.45, 7) is 1.83. The van der Waals surface area contributed by atoms with Crippen molar-refractivity contribution in [2.75, 3.05) is 12.5 Å². The number of hydrogen-bond acceptors (Lipinski definition) is 5. The van der Waals surface area contributed by atoms with Crippen molar-refractivity contribution >= 4 is 29.1 Å². The molecule has 0 heterocycles. The molecule has 0 aromatic heterocycles. The minimum absolute atomic E-state index is 0.0219. The van der Waals surface area contributed by atoms with Crippen LogP contribution in [0.25, 0.3) is 0 Å². The van der Waals surface area contributed by atoms with Gasteiger partial charge in [0.2, 0.25) is 11.5 Å². The molecule has 18 heavy (non-hydrogen) atoms. The summed E-state index contributed by atoms with van der Waals surface area (Å²) in [5.41, 5.74) is -0.350. The lowest BCUT2D eigenvalue weighted by molar-refractivity contribution is -0.136. The number of ether oxygens (including phenoxy) is 1. The number of nitrogens with zero attached hydrogens (tertiary/aromatic N) is 1. The SMILES string of the molecule is CCOC(=O)/C(=N\OC1CCCCC1)C(=O)CCl. The second kappa shape index (κ2) is 8.08. The van der Waals surface area contributed by atoms with Crippen molar-refractivity contribution in [3.05, 3.63) is 0 Å². The van der Waals surface area contributed by atoms with Crippen LogP contribution in [0.1, 0.15) is 39.0 Å². The van der Waals surface area contributed by atoms with Gasteiger partial charge in [0.25, 0.3) is 0 Å². The standard InChI is InChI=1S/C12H18ClNO4/c1-2-17-12(16)11(10(15)8-13)14-18-9-6-4-3-5-7-9/h9H,2-8H2,1H3/b14-11-. The molecule has 6 heteroatoms. The van der Waals surface area contributed by atoms with Crippen LogP contribution in [0.3, 0.4) is 0 Å². The van der Waals surface area contributed by atoms with Gasteiger partial charge in [-0.05, 0) is 32.6 Å². The minimum Gasteiger partial charge on any atom is -0.461 e. The average molecular weight is 276 g/mol. The van der Waals surface area contributed by atoms with Gasteiger partial charge in [-0.1, -0.05) is 11.6 Å². The van der Waals surface area contributed by atoms with E-state index in [4.69, 9.17) is 21.2 Å². The zero-order valence-corrected chi connectivity index (χ0v) is 11.2. The molecule has 1 fully saturated rings. The molecule has 0 saturated heterocycles. The van der Waals surface area contributed by atoms with E-state index in [1.54, 1.807) is 6.92 Å². The Hall–Kier alpha value is -1.10. The lowest BCUT2D eigenvalue weighted by atomic mass is 9.98. The van der Waals surface area contributed by atoms with E-state index in [0.717, 1.165) is 25.7 Å². The first-order valence-electron chi connectivity index (χ1n) is 6.19. The van der Waals surface area contributed by atoms with Gasteiger partial charge < -0.3 is 9.57 Å². The Balaban J connectivity index is 2.62. The molecule has 0 aromatic rings. The summed E-state index contributed by atoms with van der Waals surface area (Å²) in [5, 5.41) is 3.64. The number of rotatable bonds is 6. The minimum atomic E-state index is -0.779. The first kappa shape index (κ1) is 15.0. The summed E-state index contributed by atoms with van der Waals surface area (Å²) >= 11 is 5.42. The Morgan fingerprint density at radius 2 is 1.94 bits per heavy atom. The average Bonchev–Trinajstić information content (AvgIpc) is 2.40. The van der Waals surface area contributed by atoms with Crippen molar-refractivity contribution in [3.8, 4) is 0 Å². The number of oxime groups is 1. The maximum absolute atomic E-state index is 11.5. The predicted molar refractivity (Wildman–Crippen MR) is 67.8 cm³/mol. The van der Waals surface area contributed by atoms with Crippen molar-refractivity contribution in [2.45, 2.75) is 45.1 Å². The van der Waals surface area contributed by atoms with E-state index < -0.39 is 11.8 Å². The van der Waals surface area contributed by atoms with E-state index in [-0.39, 0.29) is 24.3 Å². The van der Waals surface area contributed by atoms with Gasteiger partial charge in [-0.2, -0.15) is 0 Å².